The predicted molar refractivity (Wildman–Crippen MR) is 88.5 cm³/mol. The van der Waals surface area contributed by atoms with E-state index in [2.05, 4.69) is 0 Å². The zero-order valence-corrected chi connectivity index (χ0v) is 15.6. The first kappa shape index (κ1) is 20.6. The van der Waals surface area contributed by atoms with Crippen molar-refractivity contribution >= 4 is 23.9 Å². The van der Waals surface area contributed by atoms with Crippen LogP contribution < -0.4 is 0 Å². The van der Waals surface area contributed by atoms with Crippen LogP contribution in [0.5, 0.6) is 0 Å². The van der Waals surface area contributed by atoms with Crippen molar-refractivity contribution in [2.75, 3.05) is 0 Å². The van der Waals surface area contributed by atoms with Crippen LogP contribution >= 0.6 is 0 Å². The van der Waals surface area contributed by atoms with E-state index in [4.69, 9.17) is 18.9 Å². The molecular weight excluding hydrogens is 360 g/mol. The third kappa shape index (κ3) is 4.36. The van der Waals surface area contributed by atoms with E-state index in [1.165, 1.54) is 0 Å². The average molecular weight is 382 g/mol. The second-order valence-corrected chi connectivity index (χ2v) is 6.24. The summed E-state index contributed by atoms with van der Waals surface area (Å²) in [4.78, 5) is 47.3. The molecule has 3 atom stereocenters. The minimum absolute atomic E-state index is 0.240. The number of cyclic esters (lactones) is 2. The second kappa shape index (κ2) is 8.34. The van der Waals surface area contributed by atoms with Crippen molar-refractivity contribution in [2.45, 2.75) is 65.3 Å². The number of esters is 4. The Labute approximate surface area is 155 Å². The highest BCUT2D eigenvalue weighted by Gasteiger charge is 2.36. The van der Waals surface area contributed by atoms with Gasteiger partial charge >= 0.3 is 23.9 Å². The maximum atomic E-state index is 12.0. The fourth-order valence-corrected chi connectivity index (χ4v) is 2.75. The lowest BCUT2D eigenvalue weighted by atomic mass is 10.1. The molecule has 0 amide bonds. The van der Waals surface area contributed by atoms with Gasteiger partial charge in [-0.15, -0.1) is 0 Å². The van der Waals surface area contributed by atoms with Gasteiger partial charge in [0.2, 0.25) is 11.5 Å². The normalized spacial score (nSPS) is 23.3. The van der Waals surface area contributed by atoms with Gasteiger partial charge in [0, 0.05) is 11.1 Å². The first-order valence-corrected chi connectivity index (χ1v) is 8.63. The molecule has 0 saturated carbocycles. The molecule has 2 heterocycles. The molecule has 0 bridgehead atoms. The highest BCUT2D eigenvalue weighted by Crippen LogP contribution is 2.27. The Balaban J connectivity index is 1.96. The predicted octanol–water partition coefficient (Wildman–Crippen LogP) is 1.04. The molecule has 0 aromatic rings. The van der Waals surface area contributed by atoms with E-state index in [-0.39, 0.29) is 11.5 Å². The van der Waals surface area contributed by atoms with Gasteiger partial charge in [-0.25, -0.2) is 14.4 Å². The molecule has 0 fully saturated rings. The molecule has 0 radical (unpaired) electrons. The Kier molecular flexibility index (Phi) is 6.37. The van der Waals surface area contributed by atoms with E-state index in [9.17, 15) is 24.3 Å². The number of ether oxygens (including phenoxy) is 4. The van der Waals surface area contributed by atoms with Crippen LogP contribution in [-0.2, 0) is 38.1 Å². The zero-order valence-electron chi connectivity index (χ0n) is 15.6. The molecule has 9 heteroatoms. The lowest BCUT2D eigenvalue weighted by Crippen LogP contribution is -2.28. The van der Waals surface area contributed by atoms with Gasteiger partial charge in [0.25, 0.3) is 0 Å². The molecule has 148 valence electrons. The van der Waals surface area contributed by atoms with Crippen LogP contribution in [0.25, 0.3) is 0 Å². The van der Waals surface area contributed by atoms with Crippen LogP contribution in [0.15, 0.2) is 22.7 Å². The smallest absolute Gasteiger partial charge is 0.375 e. The molecule has 2 aliphatic rings. The highest BCUT2D eigenvalue weighted by atomic mass is 16.6. The molecule has 0 saturated heterocycles. The summed E-state index contributed by atoms with van der Waals surface area (Å²) in [5.41, 5.74) is 0.902. The summed E-state index contributed by atoms with van der Waals surface area (Å²) >= 11 is 0. The molecule has 3 unspecified atom stereocenters. The fourth-order valence-electron chi connectivity index (χ4n) is 2.75. The quantitative estimate of drug-likeness (QED) is 0.508. The summed E-state index contributed by atoms with van der Waals surface area (Å²) in [6, 6.07) is 0. The molecular formula is C18H22O9. The molecule has 0 aliphatic carbocycles. The van der Waals surface area contributed by atoms with E-state index >= 15 is 0 Å². The lowest BCUT2D eigenvalue weighted by molar-refractivity contribution is -0.160. The molecule has 27 heavy (non-hydrogen) atoms. The Hall–Kier alpha value is -2.68. The minimum Gasteiger partial charge on any atom is -0.452 e. The van der Waals surface area contributed by atoms with Crippen LogP contribution in [0.3, 0.4) is 0 Å². The zero-order chi connectivity index (χ0) is 20.3. The number of rotatable bonds is 7. The van der Waals surface area contributed by atoms with Crippen LogP contribution in [0.4, 0.5) is 0 Å². The van der Waals surface area contributed by atoms with Gasteiger partial charge < -0.3 is 24.1 Å². The van der Waals surface area contributed by atoms with Crippen molar-refractivity contribution in [3.05, 3.63) is 22.7 Å². The number of carbonyl (C=O) groups excluding carboxylic acids is 4. The number of aliphatic hydroxyl groups is 1. The maximum absolute atomic E-state index is 12.0. The summed E-state index contributed by atoms with van der Waals surface area (Å²) in [6.45, 7) is 6.77. The molecule has 0 spiro atoms. The van der Waals surface area contributed by atoms with Crippen LogP contribution in [-0.4, -0.2) is 47.3 Å². The monoisotopic (exact) mass is 382 g/mol. The van der Waals surface area contributed by atoms with Crippen molar-refractivity contribution in [3.63, 3.8) is 0 Å². The average Bonchev–Trinajstić information content (AvgIpc) is 3.05. The van der Waals surface area contributed by atoms with Gasteiger partial charge in [0.05, 0.1) is 6.42 Å². The summed E-state index contributed by atoms with van der Waals surface area (Å²) in [6.07, 6.45) is -2.54. The minimum atomic E-state index is -1.87. The summed E-state index contributed by atoms with van der Waals surface area (Å²) in [7, 11) is 0. The van der Waals surface area contributed by atoms with Gasteiger partial charge in [-0.3, -0.25) is 4.79 Å². The molecule has 2 rings (SSSR count). The van der Waals surface area contributed by atoms with E-state index in [1.807, 2.05) is 0 Å². The van der Waals surface area contributed by atoms with E-state index in [0.717, 1.165) is 0 Å². The number of carbonyl (C=O) groups is 4. The molecule has 1 N–H and O–H groups in total. The van der Waals surface area contributed by atoms with Crippen molar-refractivity contribution in [3.8, 4) is 0 Å². The van der Waals surface area contributed by atoms with Crippen LogP contribution in [0.2, 0.25) is 0 Å². The number of aliphatic hydroxyl groups excluding tert-OH is 1. The van der Waals surface area contributed by atoms with Gasteiger partial charge in [-0.05, 0) is 26.7 Å². The Morgan fingerprint density at radius 1 is 0.963 bits per heavy atom. The van der Waals surface area contributed by atoms with Crippen LogP contribution in [0, 0.1) is 0 Å². The third-order valence-electron chi connectivity index (χ3n) is 4.34. The maximum Gasteiger partial charge on any atom is 0.375 e. The second-order valence-electron chi connectivity index (χ2n) is 6.24. The van der Waals surface area contributed by atoms with Gasteiger partial charge in [-0.1, -0.05) is 13.8 Å². The Bertz CT molecular complexity index is 731. The number of hydrogen-bond acceptors (Lipinski definition) is 9. The molecule has 2 aliphatic heterocycles. The van der Waals surface area contributed by atoms with Gasteiger partial charge in [-0.2, -0.15) is 0 Å². The molecule has 9 nitrogen and oxygen atoms in total. The van der Waals surface area contributed by atoms with Crippen molar-refractivity contribution in [1.29, 1.82) is 0 Å². The van der Waals surface area contributed by atoms with Crippen LogP contribution in [0.1, 0.15) is 47.0 Å². The molecule has 0 aromatic heterocycles. The van der Waals surface area contributed by atoms with E-state index in [0.29, 0.717) is 24.0 Å². The van der Waals surface area contributed by atoms with E-state index in [1.54, 1.807) is 27.7 Å². The SMILES string of the molecule is CCC1OC(=O)C(OC(=O)CC(O)C(=O)OC2=C(C)C(CC)OC2=O)=C1C. The highest BCUT2D eigenvalue weighted by molar-refractivity contribution is 5.95. The molecule has 0 aromatic carbocycles. The van der Waals surface area contributed by atoms with E-state index < -0.39 is 48.6 Å². The Morgan fingerprint density at radius 2 is 1.41 bits per heavy atom. The third-order valence-corrected chi connectivity index (χ3v) is 4.34. The summed E-state index contributed by atoms with van der Waals surface area (Å²) < 4.78 is 19.8. The first-order chi connectivity index (χ1) is 12.7. The van der Waals surface area contributed by atoms with Gasteiger partial charge in [0.1, 0.15) is 12.2 Å². The number of hydrogen-bond donors (Lipinski definition) is 1. The lowest BCUT2D eigenvalue weighted by Gasteiger charge is -2.10. The fraction of sp³-hybridized carbons (Fsp3) is 0.556. The van der Waals surface area contributed by atoms with Crippen molar-refractivity contribution in [1.82, 2.24) is 0 Å². The summed E-state index contributed by atoms with van der Waals surface area (Å²) in [5.74, 6) is -4.30. The standard InChI is InChI=1S/C18H22O9/c1-5-11-8(3)14(17(22)24-11)26-13(20)7-10(19)16(21)27-15-9(4)12(6-2)25-18(15)23/h10-12,19H,5-7H2,1-4H3. The summed E-state index contributed by atoms with van der Waals surface area (Å²) in [5, 5.41) is 9.87. The topological polar surface area (TPSA) is 125 Å². The Morgan fingerprint density at radius 3 is 1.81 bits per heavy atom. The van der Waals surface area contributed by atoms with Crippen molar-refractivity contribution < 1.29 is 43.2 Å². The van der Waals surface area contributed by atoms with Crippen molar-refractivity contribution in [2.24, 2.45) is 0 Å². The van der Waals surface area contributed by atoms with Gasteiger partial charge in [0.15, 0.2) is 6.10 Å². The first-order valence-electron chi connectivity index (χ1n) is 8.63. The largest absolute Gasteiger partial charge is 0.452 e.